The van der Waals surface area contributed by atoms with Crippen molar-refractivity contribution in [2.24, 2.45) is 16.9 Å². The predicted molar refractivity (Wildman–Crippen MR) is 39.9 cm³/mol. The molecule has 0 fully saturated rings. The summed E-state index contributed by atoms with van der Waals surface area (Å²) in [6.07, 6.45) is 4.87. The normalized spacial score (nSPS) is 10.2. The van der Waals surface area contributed by atoms with Gasteiger partial charge in [-0.2, -0.15) is 0 Å². The van der Waals surface area contributed by atoms with Crippen molar-refractivity contribution in [3.8, 4) is 12.3 Å². The van der Waals surface area contributed by atoms with Gasteiger partial charge in [-0.3, -0.25) is 9.59 Å². The van der Waals surface area contributed by atoms with Crippen molar-refractivity contribution in [1.82, 2.24) is 0 Å². The topological polar surface area (TPSA) is 86.2 Å². The van der Waals surface area contributed by atoms with Gasteiger partial charge in [-0.25, -0.2) is 0 Å². The van der Waals surface area contributed by atoms with Crippen molar-refractivity contribution >= 4 is 11.8 Å². The van der Waals surface area contributed by atoms with Gasteiger partial charge in [-0.05, 0) is 6.92 Å². The van der Waals surface area contributed by atoms with Crippen LogP contribution in [0.25, 0.3) is 0 Å². The van der Waals surface area contributed by atoms with E-state index in [4.69, 9.17) is 17.9 Å². The van der Waals surface area contributed by atoms with E-state index in [9.17, 15) is 9.59 Å². The number of carbonyl (C=O) groups is 2. The number of nitrogens with two attached hydrogens (primary N) is 2. The number of carbonyl (C=O) groups excluding carboxylic acids is 2. The average molecular weight is 154 g/mol. The summed E-state index contributed by atoms with van der Waals surface area (Å²) >= 11 is 0. The summed E-state index contributed by atoms with van der Waals surface area (Å²) in [6, 6.07) is 0. The SMILES string of the molecule is C#CCC(C)(C(N)=O)C(N)=O. The molecule has 11 heavy (non-hydrogen) atoms. The Hall–Kier alpha value is -1.50. The summed E-state index contributed by atoms with van der Waals surface area (Å²) in [5.41, 5.74) is 8.44. The summed E-state index contributed by atoms with van der Waals surface area (Å²) in [4.78, 5) is 21.4. The molecule has 0 atom stereocenters. The highest BCUT2D eigenvalue weighted by Crippen LogP contribution is 2.18. The smallest absolute Gasteiger partial charge is 0.233 e. The van der Waals surface area contributed by atoms with Crippen LogP contribution in [0.2, 0.25) is 0 Å². The number of amides is 2. The van der Waals surface area contributed by atoms with Gasteiger partial charge in [0, 0.05) is 6.42 Å². The average Bonchev–Trinajstić information content (AvgIpc) is 1.87. The van der Waals surface area contributed by atoms with Crippen LogP contribution in [0, 0.1) is 17.8 Å². The van der Waals surface area contributed by atoms with Gasteiger partial charge in [-0.15, -0.1) is 12.3 Å². The van der Waals surface area contributed by atoms with Crippen LogP contribution in [0.5, 0.6) is 0 Å². The molecule has 0 aromatic carbocycles. The molecular formula is C7H10N2O2. The molecular weight excluding hydrogens is 144 g/mol. The van der Waals surface area contributed by atoms with Crippen LogP contribution in [0.3, 0.4) is 0 Å². The van der Waals surface area contributed by atoms with E-state index < -0.39 is 17.2 Å². The van der Waals surface area contributed by atoms with Gasteiger partial charge >= 0.3 is 0 Å². The molecule has 4 nitrogen and oxygen atoms in total. The fourth-order valence-corrected chi connectivity index (χ4v) is 0.500. The van der Waals surface area contributed by atoms with Crippen molar-refractivity contribution in [3.63, 3.8) is 0 Å². The number of terminal acetylenes is 1. The number of rotatable bonds is 3. The van der Waals surface area contributed by atoms with Crippen LogP contribution in [-0.4, -0.2) is 11.8 Å². The van der Waals surface area contributed by atoms with Gasteiger partial charge in [0.2, 0.25) is 11.8 Å². The Kier molecular flexibility index (Phi) is 2.64. The molecule has 4 heteroatoms. The molecule has 0 aromatic rings. The van der Waals surface area contributed by atoms with E-state index in [-0.39, 0.29) is 6.42 Å². The lowest BCUT2D eigenvalue weighted by atomic mass is 9.86. The van der Waals surface area contributed by atoms with Crippen molar-refractivity contribution in [2.75, 3.05) is 0 Å². The summed E-state index contributed by atoms with van der Waals surface area (Å²) in [7, 11) is 0. The number of hydrogen-bond acceptors (Lipinski definition) is 2. The quantitative estimate of drug-likeness (QED) is 0.403. The molecule has 0 bridgehead atoms. The lowest BCUT2D eigenvalue weighted by Crippen LogP contribution is -2.45. The van der Waals surface area contributed by atoms with Crippen LogP contribution in [-0.2, 0) is 9.59 Å². The minimum Gasteiger partial charge on any atom is -0.369 e. The lowest BCUT2D eigenvalue weighted by molar-refractivity contribution is -0.138. The van der Waals surface area contributed by atoms with E-state index in [1.165, 1.54) is 6.92 Å². The van der Waals surface area contributed by atoms with Gasteiger partial charge in [-0.1, -0.05) is 0 Å². The minimum atomic E-state index is -1.41. The Morgan fingerprint density at radius 1 is 1.45 bits per heavy atom. The highest BCUT2D eigenvalue weighted by Gasteiger charge is 2.36. The van der Waals surface area contributed by atoms with Gasteiger partial charge in [0.05, 0.1) is 0 Å². The Bertz CT molecular complexity index is 213. The van der Waals surface area contributed by atoms with Gasteiger partial charge in [0.1, 0.15) is 5.41 Å². The standard InChI is InChI=1S/C7H10N2O2/c1-3-4-7(2,5(8)10)6(9)11/h1H,4H2,2H3,(H2,8,10)(H2,9,11). The summed E-state index contributed by atoms with van der Waals surface area (Å²) in [5.74, 6) is 0.591. The fourth-order valence-electron chi connectivity index (χ4n) is 0.500. The molecule has 0 aliphatic rings. The Balaban J connectivity index is 4.70. The highest BCUT2D eigenvalue weighted by atomic mass is 16.2. The largest absolute Gasteiger partial charge is 0.369 e. The molecule has 0 saturated heterocycles. The molecule has 0 radical (unpaired) electrons. The molecule has 60 valence electrons. The zero-order valence-corrected chi connectivity index (χ0v) is 6.26. The van der Waals surface area contributed by atoms with E-state index in [0.717, 1.165) is 0 Å². The third-order valence-corrected chi connectivity index (χ3v) is 1.54. The van der Waals surface area contributed by atoms with Crippen molar-refractivity contribution in [3.05, 3.63) is 0 Å². The third kappa shape index (κ3) is 1.71. The van der Waals surface area contributed by atoms with E-state index in [1.54, 1.807) is 0 Å². The molecule has 0 saturated carbocycles. The Labute approximate surface area is 64.9 Å². The van der Waals surface area contributed by atoms with E-state index in [0.29, 0.717) is 0 Å². The Morgan fingerprint density at radius 3 is 1.91 bits per heavy atom. The monoisotopic (exact) mass is 154 g/mol. The zero-order chi connectivity index (χ0) is 9.07. The molecule has 0 rings (SSSR count). The second-order valence-electron chi connectivity index (χ2n) is 2.44. The van der Waals surface area contributed by atoms with Crippen LogP contribution < -0.4 is 11.5 Å². The molecule has 0 spiro atoms. The second kappa shape index (κ2) is 3.06. The zero-order valence-electron chi connectivity index (χ0n) is 6.26. The maximum atomic E-state index is 10.7. The highest BCUT2D eigenvalue weighted by molar-refractivity contribution is 6.03. The molecule has 0 aliphatic heterocycles. The van der Waals surface area contributed by atoms with Crippen LogP contribution in [0.15, 0.2) is 0 Å². The minimum absolute atomic E-state index is 0.0579. The summed E-state index contributed by atoms with van der Waals surface area (Å²) < 4.78 is 0. The van der Waals surface area contributed by atoms with E-state index >= 15 is 0 Å². The molecule has 0 unspecified atom stereocenters. The van der Waals surface area contributed by atoms with Gasteiger partial charge in [0.15, 0.2) is 0 Å². The molecule has 4 N–H and O–H groups in total. The first-order chi connectivity index (χ1) is 4.95. The fraction of sp³-hybridized carbons (Fsp3) is 0.429. The molecule has 0 aliphatic carbocycles. The van der Waals surface area contributed by atoms with E-state index in [1.807, 2.05) is 0 Å². The Morgan fingerprint density at radius 2 is 1.82 bits per heavy atom. The van der Waals surface area contributed by atoms with Crippen LogP contribution >= 0.6 is 0 Å². The lowest BCUT2D eigenvalue weighted by Gasteiger charge is -2.18. The van der Waals surface area contributed by atoms with Crippen molar-refractivity contribution < 1.29 is 9.59 Å². The number of hydrogen-bond donors (Lipinski definition) is 2. The summed E-state index contributed by atoms with van der Waals surface area (Å²) in [6.45, 7) is 1.33. The van der Waals surface area contributed by atoms with Gasteiger partial charge < -0.3 is 11.5 Å². The van der Waals surface area contributed by atoms with Crippen LogP contribution in [0.1, 0.15) is 13.3 Å². The first-order valence-electron chi connectivity index (χ1n) is 2.98. The van der Waals surface area contributed by atoms with Crippen LogP contribution in [0.4, 0.5) is 0 Å². The maximum absolute atomic E-state index is 10.7. The van der Waals surface area contributed by atoms with Crippen molar-refractivity contribution in [2.45, 2.75) is 13.3 Å². The number of primary amides is 2. The first kappa shape index (κ1) is 9.50. The molecule has 2 amide bonds. The maximum Gasteiger partial charge on any atom is 0.233 e. The predicted octanol–water partition coefficient (Wildman–Crippen LogP) is -1.01. The second-order valence-corrected chi connectivity index (χ2v) is 2.44. The first-order valence-corrected chi connectivity index (χ1v) is 2.98. The van der Waals surface area contributed by atoms with Gasteiger partial charge in [0.25, 0.3) is 0 Å². The molecule has 0 heterocycles. The van der Waals surface area contributed by atoms with Crippen molar-refractivity contribution in [1.29, 1.82) is 0 Å². The summed E-state index contributed by atoms with van der Waals surface area (Å²) in [5, 5.41) is 0. The third-order valence-electron chi connectivity index (χ3n) is 1.54. The molecule has 0 aromatic heterocycles. The van der Waals surface area contributed by atoms with E-state index in [2.05, 4.69) is 5.92 Å².